The van der Waals surface area contributed by atoms with E-state index in [-0.39, 0.29) is 0 Å². The highest BCUT2D eigenvalue weighted by Gasteiger charge is 2.63. The van der Waals surface area contributed by atoms with Gasteiger partial charge in [-0.15, -0.1) is 0 Å². The minimum Gasteiger partial charge on any atom is -0.508 e. The van der Waals surface area contributed by atoms with Crippen molar-refractivity contribution in [3.8, 4) is 5.75 Å². The molecule has 0 unspecified atom stereocenters. The van der Waals surface area contributed by atoms with Crippen molar-refractivity contribution in [2.24, 2.45) is 16.7 Å². The van der Waals surface area contributed by atoms with Gasteiger partial charge in [0.05, 0.1) is 0 Å². The molecule has 0 radical (unpaired) electrons. The minimum absolute atomic E-state index is 0.361. The summed E-state index contributed by atoms with van der Waals surface area (Å²) < 4.78 is 1.00. The molecule has 0 bridgehead atoms. The zero-order valence-electron chi connectivity index (χ0n) is 11.5. The Kier molecular flexibility index (Phi) is 3.50. The van der Waals surface area contributed by atoms with Crippen molar-refractivity contribution in [1.82, 2.24) is 5.32 Å². The Hall–Kier alpha value is -0.540. The molecule has 1 aliphatic carbocycles. The first kappa shape index (κ1) is 13.9. The summed E-state index contributed by atoms with van der Waals surface area (Å²) in [5.41, 5.74) is 1.78. The first-order chi connectivity index (χ1) is 8.26. The first-order valence-corrected chi connectivity index (χ1v) is 7.24. The standard InChI is InChI=1S/C15H22BrNO/c1-14(2)13(15(14,3)4)9-17-8-10-7-11(16)5-6-12(10)18/h5-7,13,17-18H,8-9H2,1-4H3. The minimum atomic E-state index is 0.361. The van der Waals surface area contributed by atoms with E-state index in [4.69, 9.17) is 0 Å². The van der Waals surface area contributed by atoms with Crippen LogP contribution >= 0.6 is 15.9 Å². The molecule has 1 aromatic rings. The highest BCUT2D eigenvalue weighted by Crippen LogP contribution is 2.67. The van der Waals surface area contributed by atoms with E-state index in [0.717, 1.165) is 16.6 Å². The van der Waals surface area contributed by atoms with Crippen LogP contribution in [-0.4, -0.2) is 11.7 Å². The molecule has 1 saturated carbocycles. The third kappa shape index (κ3) is 2.30. The molecule has 1 aromatic carbocycles. The predicted octanol–water partition coefficient (Wildman–Crippen LogP) is 3.93. The second-order valence-corrected chi connectivity index (χ2v) is 7.32. The molecule has 1 aliphatic rings. The second-order valence-electron chi connectivity index (χ2n) is 6.40. The van der Waals surface area contributed by atoms with Gasteiger partial charge >= 0.3 is 0 Å². The molecule has 0 aliphatic heterocycles. The number of halogens is 1. The third-order valence-corrected chi connectivity index (χ3v) is 5.52. The first-order valence-electron chi connectivity index (χ1n) is 6.45. The van der Waals surface area contributed by atoms with E-state index in [1.807, 2.05) is 12.1 Å². The average molecular weight is 312 g/mol. The van der Waals surface area contributed by atoms with Crippen molar-refractivity contribution in [3.05, 3.63) is 28.2 Å². The van der Waals surface area contributed by atoms with Crippen molar-refractivity contribution in [2.75, 3.05) is 6.54 Å². The lowest BCUT2D eigenvalue weighted by Crippen LogP contribution is -2.18. The molecular formula is C15H22BrNO. The van der Waals surface area contributed by atoms with Crippen molar-refractivity contribution >= 4 is 15.9 Å². The molecule has 2 rings (SSSR count). The Morgan fingerprint density at radius 3 is 2.39 bits per heavy atom. The Morgan fingerprint density at radius 2 is 1.83 bits per heavy atom. The number of hydrogen-bond donors (Lipinski definition) is 2. The van der Waals surface area contributed by atoms with Crippen LogP contribution in [0.1, 0.15) is 33.3 Å². The summed E-state index contributed by atoms with van der Waals surface area (Å²) in [7, 11) is 0. The van der Waals surface area contributed by atoms with Gasteiger partial charge in [0.15, 0.2) is 0 Å². The number of phenolic OH excluding ortho intramolecular Hbond substituents is 1. The number of hydrogen-bond acceptors (Lipinski definition) is 2. The summed E-state index contributed by atoms with van der Waals surface area (Å²) >= 11 is 3.43. The van der Waals surface area contributed by atoms with Gasteiger partial charge in [-0.05, 0) is 41.5 Å². The summed E-state index contributed by atoms with van der Waals surface area (Å²) in [6, 6.07) is 5.55. The molecule has 0 atom stereocenters. The lowest BCUT2D eigenvalue weighted by atomic mass is 10.0. The smallest absolute Gasteiger partial charge is 0.120 e. The molecule has 3 heteroatoms. The van der Waals surface area contributed by atoms with Crippen LogP contribution in [0.25, 0.3) is 0 Å². The predicted molar refractivity (Wildman–Crippen MR) is 78.6 cm³/mol. The monoisotopic (exact) mass is 311 g/mol. The highest BCUT2D eigenvalue weighted by molar-refractivity contribution is 9.10. The van der Waals surface area contributed by atoms with E-state index < -0.39 is 0 Å². The molecule has 0 aromatic heterocycles. The van der Waals surface area contributed by atoms with Crippen LogP contribution in [0.4, 0.5) is 0 Å². The Bertz CT molecular complexity index is 440. The van der Waals surface area contributed by atoms with Gasteiger partial charge in [0.25, 0.3) is 0 Å². The van der Waals surface area contributed by atoms with Gasteiger partial charge in [0.2, 0.25) is 0 Å². The molecule has 2 nitrogen and oxygen atoms in total. The topological polar surface area (TPSA) is 32.3 Å². The molecule has 2 N–H and O–H groups in total. The average Bonchev–Trinajstić information content (AvgIpc) is 2.65. The van der Waals surface area contributed by atoms with Crippen molar-refractivity contribution in [3.63, 3.8) is 0 Å². The van der Waals surface area contributed by atoms with Crippen molar-refractivity contribution in [2.45, 2.75) is 34.2 Å². The summed E-state index contributed by atoms with van der Waals surface area (Å²) in [6.07, 6.45) is 0. The Labute approximate surface area is 118 Å². The lowest BCUT2D eigenvalue weighted by molar-refractivity contribution is 0.457. The van der Waals surface area contributed by atoms with E-state index in [1.54, 1.807) is 6.07 Å². The number of phenols is 1. The van der Waals surface area contributed by atoms with Gasteiger partial charge in [-0.25, -0.2) is 0 Å². The summed E-state index contributed by atoms with van der Waals surface area (Å²) in [4.78, 5) is 0. The lowest BCUT2D eigenvalue weighted by Gasteiger charge is -2.08. The van der Waals surface area contributed by atoms with Crippen LogP contribution in [0.3, 0.4) is 0 Å². The van der Waals surface area contributed by atoms with Crippen LogP contribution < -0.4 is 5.32 Å². The van der Waals surface area contributed by atoms with E-state index in [2.05, 4.69) is 48.9 Å². The van der Waals surface area contributed by atoms with Crippen LogP contribution in [0, 0.1) is 16.7 Å². The van der Waals surface area contributed by atoms with Gasteiger partial charge in [-0.2, -0.15) is 0 Å². The normalized spacial score (nSPS) is 20.9. The maximum absolute atomic E-state index is 9.76. The number of benzene rings is 1. The van der Waals surface area contributed by atoms with Crippen LogP contribution in [0.15, 0.2) is 22.7 Å². The zero-order chi connectivity index (χ0) is 13.6. The van der Waals surface area contributed by atoms with Gasteiger partial charge in [0, 0.05) is 16.6 Å². The van der Waals surface area contributed by atoms with Gasteiger partial charge < -0.3 is 10.4 Å². The molecule has 0 heterocycles. The molecule has 0 saturated heterocycles. The third-order valence-electron chi connectivity index (χ3n) is 5.03. The maximum atomic E-state index is 9.76. The Morgan fingerprint density at radius 1 is 1.22 bits per heavy atom. The van der Waals surface area contributed by atoms with Gasteiger partial charge in [-0.3, -0.25) is 0 Å². The zero-order valence-corrected chi connectivity index (χ0v) is 13.1. The fourth-order valence-electron chi connectivity index (χ4n) is 2.89. The van der Waals surface area contributed by atoms with Crippen molar-refractivity contribution < 1.29 is 5.11 Å². The molecule has 1 fully saturated rings. The summed E-state index contributed by atoms with van der Waals surface area (Å²) in [5.74, 6) is 1.07. The summed E-state index contributed by atoms with van der Waals surface area (Å²) in [6.45, 7) is 11.0. The SMILES string of the molecule is CC1(C)C(CNCc2cc(Br)ccc2O)C1(C)C. The van der Waals surface area contributed by atoms with Crippen molar-refractivity contribution in [1.29, 1.82) is 0 Å². The fourth-order valence-corrected chi connectivity index (χ4v) is 3.30. The molecule has 0 amide bonds. The van der Waals surface area contributed by atoms with Gasteiger partial charge in [0.1, 0.15) is 5.75 Å². The number of nitrogens with one attached hydrogen (secondary N) is 1. The quantitative estimate of drug-likeness (QED) is 0.883. The molecule has 18 heavy (non-hydrogen) atoms. The van der Waals surface area contributed by atoms with E-state index in [1.165, 1.54) is 0 Å². The molecule has 100 valence electrons. The van der Waals surface area contributed by atoms with Crippen LogP contribution in [0.2, 0.25) is 0 Å². The summed E-state index contributed by atoms with van der Waals surface area (Å²) in [5, 5.41) is 13.2. The maximum Gasteiger partial charge on any atom is 0.120 e. The van der Waals surface area contributed by atoms with E-state index in [9.17, 15) is 5.11 Å². The fraction of sp³-hybridized carbons (Fsp3) is 0.600. The van der Waals surface area contributed by atoms with E-state index in [0.29, 0.717) is 29.0 Å². The number of rotatable bonds is 4. The van der Waals surface area contributed by atoms with Gasteiger partial charge in [-0.1, -0.05) is 43.6 Å². The molecule has 0 spiro atoms. The largest absolute Gasteiger partial charge is 0.508 e. The molecular weight excluding hydrogens is 290 g/mol. The highest BCUT2D eigenvalue weighted by atomic mass is 79.9. The Balaban J connectivity index is 1.89. The number of aromatic hydroxyl groups is 1. The van der Waals surface area contributed by atoms with E-state index >= 15 is 0 Å². The van der Waals surface area contributed by atoms with Crippen LogP contribution in [0.5, 0.6) is 5.75 Å². The van der Waals surface area contributed by atoms with Crippen LogP contribution in [-0.2, 0) is 6.54 Å². The second kappa shape index (κ2) is 4.53.